The normalized spacial score (nSPS) is 23.6. The van der Waals surface area contributed by atoms with Crippen LogP contribution in [-0.2, 0) is 9.47 Å². The fourth-order valence-corrected chi connectivity index (χ4v) is 5.10. The SMILES string of the molecule is CCNC(=NCC1(N2CCOCC2)CCSC1)NCCN(C)CCCOC.I. The number of rotatable bonds is 11. The van der Waals surface area contributed by atoms with Crippen molar-refractivity contribution in [1.29, 1.82) is 0 Å². The molecule has 2 fully saturated rings. The molecule has 9 heteroatoms. The minimum absolute atomic E-state index is 0. The molecule has 2 aliphatic rings. The Bertz CT molecular complexity index is 433. The maximum Gasteiger partial charge on any atom is 0.191 e. The molecule has 0 amide bonds. The second-order valence-corrected chi connectivity index (χ2v) is 8.50. The lowest BCUT2D eigenvalue weighted by Gasteiger charge is -2.42. The Balaban J connectivity index is 0.00000392. The van der Waals surface area contributed by atoms with Crippen molar-refractivity contribution in [2.45, 2.75) is 25.3 Å². The first-order valence-corrected chi connectivity index (χ1v) is 11.5. The Morgan fingerprint density at radius 2 is 2.07 bits per heavy atom. The van der Waals surface area contributed by atoms with Crippen LogP contribution in [0.4, 0.5) is 0 Å². The molecule has 0 radical (unpaired) electrons. The highest BCUT2D eigenvalue weighted by Crippen LogP contribution is 2.34. The van der Waals surface area contributed by atoms with E-state index in [4.69, 9.17) is 14.5 Å². The minimum Gasteiger partial charge on any atom is -0.385 e. The zero-order valence-corrected chi connectivity index (χ0v) is 21.0. The van der Waals surface area contributed by atoms with Gasteiger partial charge in [-0.3, -0.25) is 9.89 Å². The standard InChI is InChI=1S/C19H39N5O2S.HI/c1-4-20-18(21-7-9-23(2)8-5-12-25-3)22-16-19(6-15-27-17-19)24-10-13-26-14-11-24;/h4-17H2,1-3H3,(H2,20,21,22);1H. The number of ether oxygens (including phenoxy) is 2. The quantitative estimate of drug-likeness (QED) is 0.181. The molecule has 2 aliphatic heterocycles. The van der Waals surface area contributed by atoms with Gasteiger partial charge in [0.25, 0.3) is 0 Å². The van der Waals surface area contributed by atoms with E-state index in [-0.39, 0.29) is 29.5 Å². The van der Waals surface area contributed by atoms with Crippen molar-refractivity contribution < 1.29 is 9.47 Å². The van der Waals surface area contributed by atoms with Crippen LogP contribution in [0.25, 0.3) is 0 Å². The lowest BCUT2D eigenvalue weighted by molar-refractivity contribution is -0.0104. The first kappa shape index (κ1) is 26.2. The highest BCUT2D eigenvalue weighted by atomic mass is 127. The van der Waals surface area contributed by atoms with Crippen molar-refractivity contribution in [3.63, 3.8) is 0 Å². The summed E-state index contributed by atoms with van der Waals surface area (Å²) >= 11 is 2.06. The number of hydrogen-bond acceptors (Lipinski definition) is 6. The molecule has 0 spiro atoms. The molecule has 0 saturated carbocycles. The summed E-state index contributed by atoms with van der Waals surface area (Å²) in [6.45, 7) is 11.4. The lowest BCUT2D eigenvalue weighted by Crippen LogP contribution is -2.56. The van der Waals surface area contributed by atoms with Gasteiger partial charge < -0.3 is 25.0 Å². The maximum atomic E-state index is 5.56. The summed E-state index contributed by atoms with van der Waals surface area (Å²) in [6, 6.07) is 0. The van der Waals surface area contributed by atoms with Crippen LogP contribution in [0, 0.1) is 0 Å². The molecule has 1 unspecified atom stereocenters. The summed E-state index contributed by atoms with van der Waals surface area (Å²) in [5, 5.41) is 6.91. The van der Waals surface area contributed by atoms with Gasteiger partial charge in [-0.1, -0.05) is 0 Å². The predicted octanol–water partition coefficient (Wildman–Crippen LogP) is 1.34. The average Bonchev–Trinajstić information content (AvgIpc) is 3.17. The van der Waals surface area contributed by atoms with E-state index in [2.05, 4.69) is 46.2 Å². The summed E-state index contributed by atoms with van der Waals surface area (Å²) < 4.78 is 10.7. The number of methoxy groups -OCH3 is 1. The zero-order chi connectivity index (χ0) is 19.4. The molecule has 0 aromatic rings. The molecule has 28 heavy (non-hydrogen) atoms. The van der Waals surface area contributed by atoms with Crippen LogP contribution in [-0.4, -0.2) is 113 Å². The molecular formula is C19H40IN5O2S. The molecular weight excluding hydrogens is 489 g/mol. The van der Waals surface area contributed by atoms with Gasteiger partial charge in [-0.2, -0.15) is 11.8 Å². The van der Waals surface area contributed by atoms with E-state index in [0.717, 1.165) is 78.0 Å². The summed E-state index contributed by atoms with van der Waals surface area (Å²) in [4.78, 5) is 9.93. The number of hydrogen-bond donors (Lipinski definition) is 2. The van der Waals surface area contributed by atoms with Crippen molar-refractivity contribution in [2.24, 2.45) is 4.99 Å². The summed E-state index contributed by atoms with van der Waals surface area (Å²) in [5.74, 6) is 3.36. The summed E-state index contributed by atoms with van der Waals surface area (Å²) in [6.07, 6.45) is 2.30. The van der Waals surface area contributed by atoms with Gasteiger partial charge in [0.1, 0.15) is 0 Å². The van der Waals surface area contributed by atoms with E-state index in [1.807, 2.05) is 0 Å². The van der Waals surface area contributed by atoms with Crippen molar-refractivity contribution in [3.8, 4) is 0 Å². The number of thioether (sulfide) groups is 1. The Labute approximate surface area is 192 Å². The third kappa shape index (κ3) is 8.91. The van der Waals surface area contributed by atoms with E-state index >= 15 is 0 Å². The van der Waals surface area contributed by atoms with Crippen molar-refractivity contribution in [2.75, 3.05) is 91.3 Å². The molecule has 0 aliphatic carbocycles. The molecule has 2 heterocycles. The monoisotopic (exact) mass is 529 g/mol. The van der Waals surface area contributed by atoms with Gasteiger partial charge in [0.05, 0.1) is 25.3 Å². The second-order valence-electron chi connectivity index (χ2n) is 7.40. The molecule has 0 aromatic heterocycles. The van der Waals surface area contributed by atoms with E-state index < -0.39 is 0 Å². The summed E-state index contributed by atoms with van der Waals surface area (Å²) in [5.41, 5.74) is 0.202. The number of nitrogens with one attached hydrogen (secondary N) is 2. The van der Waals surface area contributed by atoms with Crippen LogP contribution in [0.2, 0.25) is 0 Å². The highest BCUT2D eigenvalue weighted by Gasteiger charge is 2.40. The van der Waals surface area contributed by atoms with Gasteiger partial charge in [-0.25, -0.2) is 0 Å². The number of guanidine groups is 1. The van der Waals surface area contributed by atoms with Crippen molar-refractivity contribution in [3.05, 3.63) is 0 Å². The Morgan fingerprint density at radius 1 is 1.29 bits per heavy atom. The third-order valence-corrected chi connectivity index (χ3v) is 6.55. The van der Waals surface area contributed by atoms with Gasteiger partial charge in [0.15, 0.2) is 5.96 Å². The zero-order valence-electron chi connectivity index (χ0n) is 17.9. The first-order valence-electron chi connectivity index (χ1n) is 10.3. The van der Waals surface area contributed by atoms with Gasteiger partial charge in [-0.05, 0) is 32.6 Å². The smallest absolute Gasteiger partial charge is 0.191 e. The number of morpholine rings is 1. The van der Waals surface area contributed by atoms with E-state index in [1.165, 1.54) is 17.9 Å². The van der Waals surface area contributed by atoms with Crippen LogP contribution in [0.1, 0.15) is 19.8 Å². The molecule has 166 valence electrons. The highest BCUT2D eigenvalue weighted by molar-refractivity contribution is 14.0. The fraction of sp³-hybridized carbons (Fsp3) is 0.947. The molecule has 0 aromatic carbocycles. The number of nitrogens with zero attached hydrogens (tertiary/aromatic N) is 3. The first-order chi connectivity index (χ1) is 13.2. The molecule has 2 rings (SSSR count). The molecule has 2 N–H and O–H groups in total. The van der Waals surface area contributed by atoms with Crippen LogP contribution >= 0.6 is 35.7 Å². The Morgan fingerprint density at radius 3 is 2.71 bits per heavy atom. The third-order valence-electron chi connectivity index (χ3n) is 5.31. The topological polar surface area (TPSA) is 61.4 Å². The second kappa shape index (κ2) is 15.1. The molecule has 0 bridgehead atoms. The number of aliphatic imine (C=N–C) groups is 1. The molecule has 7 nitrogen and oxygen atoms in total. The van der Waals surface area contributed by atoms with Crippen LogP contribution in [0.15, 0.2) is 4.99 Å². The minimum atomic E-state index is 0. The Hall–Kier alpha value is 0.190. The van der Waals surface area contributed by atoms with Gasteiger partial charge in [0.2, 0.25) is 0 Å². The predicted molar refractivity (Wildman–Crippen MR) is 130 cm³/mol. The van der Waals surface area contributed by atoms with Crippen LogP contribution in [0.5, 0.6) is 0 Å². The van der Waals surface area contributed by atoms with Gasteiger partial charge in [-0.15, -0.1) is 24.0 Å². The maximum absolute atomic E-state index is 5.56. The fourth-order valence-electron chi connectivity index (χ4n) is 3.63. The molecule has 1 atom stereocenters. The Kier molecular flexibility index (Phi) is 14.1. The molecule has 2 saturated heterocycles. The van der Waals surface area contributed by atoms with Crippen molar-refractivity contribution in [1.82, 2.24) is 20.4 Å². The largest absolute Gasteiger partial charge is 0.385 e. The van der Waals surface area contributed by atoms with Crippen molar-refractivity contribution >= 4 is 41.7 Å². The van der Waals surface area contributed by atoms with Gasteiger partial charge >= 0.3 is 0 Å². The van der Waals surface area contributed by atoms with E-state index in [1.54, 1.807) is 7.11 Å². The summed E-state index contributed by atoms with van der Waals surface area (Å²) in [7, 11) is 3.91. The number of likely N-dealkylation sites (N-methyl/N-ethyl adjacent to an activating group) is 1. The van der Waals surface area contributed by atoms with E-state index in [9.17, 15) is 0 Å². The lowest BCUT2D eigenvalue weighted by atomic mass is 9.96. The van der Waals surface area contributed by atoms with Gasteiger partial charge in [0, 0.05) is 58.7 Å². The van der Waals surface area contributed by atoms with Crippen LogP contribution < -0.4 is 10.6 Å². The van der Waals surface area contributed by atoms with E-state index in [0.29, 0.717) is 0 Å². The number of halogens is 1. The van der Waals surface area contributed by atoms with Crippen LogP contribution in [0.3, 0.4) is 0 Å². The average molecular weight is 530 g/mol.